The molecular weight excluding hydrogens is 268 g/mol. The van der Waals surface area contributed by atoms with Crippen molar-refractivity contribution in [2.75, 3.05) is 26.2 Å². The number of amides is 1. The monoisotopic (exact) mass is 298 g/mol. The lowest BCUT2D eigenvalue weighted by atomic mass is 10.1. The SMILES string of the molecule is CC(C)CN(CC(C)C)C(=O)CN(CCC(=O)O)C1CC1. The van der Waals surface area contributed by atoms with Crippen LogP contribution in [0.25, 0.3) is 0 Å². The van der Waals surface area contributed by atoms with Crippen LogP contribution >= 0.6 is 0 Å². The Morgan fingerprint density at radius 2 is 1.62 bits per heavy atom. The molecule has 0 aromatic rings. The molecule has 1 amide bonds. The molecule has 0 radical (unpaired) electrons. The van der Waals surface area contributed by atoms with E-state index in [1.807, 2.05) is 9.80 Å². The molecule has 0 aliphatic heterocycles. The van der Waals surface area contributed by atoms with E-state index in [9.17, 15) is 9.59 Å². The average molecular weight is 298 g/mol. The second-order valence-electron chi connectivity index (χ2n) is 6.93. The van der Waals surface area contributed by atoms with Gasteiger partial charge in [-0.2, -0.15) is 0 Å². The van der Waals surface area contributed by atoms with Gasteiger partial charge in [0, 0.05) is 25.7 Å². The maximum Gasteiger partial charge on any atom is 0.304 e. The normalized spacial score (nSPS) is 15.0. The Morgan fingerprint density at radius 1 is 1.10 bits per heavy atom. The Balaban J connectivity index is 2.56. The first-order valence-electron chi connectivity index (χ1n) is 8.03. The van der Waals surface area contributed by atoms with Crippen LogP contribution in [0.3, 0.4) is 0 Å². The van der Waals surface area contributed by atoms with Gasteiger partial charge in [-0.15, -0.1) is 0 Å². The number of carbonyl (C=O) groups is 2. The van der Waals surface area contributed by atoms with Crippen molar-refractivity contribution in [1.29, 1.82) is 0 Å². The van der Waals surface area contributed by atoms with Crippen LogP contribution in [0.1, 0.15) is 47.0 Å². The first kappa shape index (κ1) is 18.0. The van der Waals surface area contributed by atoms with Crippen molar-refractivity contribution in [3.8, 4) is 0 Å². The molecule has 0 atom stereocenters. The van der Waals surface area contributed by atoms with Crippen molar-refractivity contribution >= 4 is 11.9 Å². The first-order chi connectivity index (χ1) is 9.79. The molecule has 1 saturated carbocycles. The van der Waals surface area contributed by atoms with Crippen LogP contribution in [0.2, 0.25) is 0 Å². The fourth-order valence-corrected chi connectivity index (χ4v) is 2.50. The number of nitrogens with zero attached hydrogens (tertiary/aromatic N) is 2. The van der Waals surface area contributed by atoms with Crippen molar-refractivity contribution < 1.29 is 14.7 Å². The summed E-state index contributed by atoms with van der Waals surface area (Å²) in [4.78, 5) is 27.3. The number of carbonyl (C=O) groups excluding carboxylic acids is 1. The lowest BCUT2D eigenvalue weighted by molar-refractivity contribution is -0.139. The maximum atomic E-state index is 12.5. The van der Waals surface area contributed by atoms with E-state index in [0.717, 1.165) is 25.9 Å². The molecule has 0 heterocycles. The van der Waals surface area contributed by atoms with Crippen LogP contribution in [0.5, 0.6) is 0 Å². The van der Waals surface area contributed by atoms with Crippen LogP contribution in [0, 0.1) is 11.8 Å². The zero-order valence-electron chi connectivity index (χ0n) is 13.8. The molecule has 0 spiro atoms. The summed E-state index contributed by atoms with van der Waals surface area (Å²) in [5, 5.41) is 8.82. The van der Waals surface area contributed by atoms with Crippen LogP contribution in [0.4, 0.5) is 0 Å². The van der Waals surface area contributed by atoms with Crippen LogP contribution < -0.4 is 0 Å². The van der Waals surface area contributed by atoms with Gasteiger partial charge in [0.1, 0.15) is 0 Å². The summed E-state index contributed by atoms with van der Waals surface area (Å²) in [5.41, 5.74) is 0. The van der Waals surface area contributed by atoms with Crippen LogP contribution in [-0.2, 0) is 9.59 Å². The summed E-state index contributed by atoms with van der Waals surface area (Å²) in [7, 11) is 0. The maximum absolute atomic E-state index is 12.5. The van der Waals surface area contributed by atoms with E-state index < -0.39 is 5.97 Å². The molecule has 1 aliphatic carbocycles. The molecule has 5 heteroatoms. The second kappa shape index (κ2) is 8.37. The van der Waals surface area contributed by atoms with Gasteiger partial charge < -0.3 is 10.0 Å². The summed E-state index contributed by atoms with van der Waals surface area (Å²) in [6, 6.07) is 0.410. The predicted octanol–water partition coefficient (Wildman–Crippen LogP) is 2.07. The highest BCUT2D eigenvalue weighted by atomic mass is 16.4. The minimum atomic E-state index is -0.797. The van der Waals surface area contributed by atoms with Crippen LogP contribution in [-0.4, -0.2) is 59.0 Å². The largest absolute Gasteiger partial charge is 0.481 e. The third kappa shape index (κ3) is 7.46. The second-order valence-corrected chi connectivity index (χ2v) is 6.93. The summed E-state index contributed by atoms with van der Waals surface area (Å²) in [6.45, 7) is 10.8. The number of aliphatic carboxylic acids is 1. The molecule has 21 heavy (non-hydrogen) atoms. The molecule has 1 N–H and O–H groups in total. The lowest BCUT2D eigenvalue weighted by Crippen LogP contribution is -2.44. The molecular formula is C16H30N2O3. The Hall–Kier alpha value is -1.10. The average Bonchev–Trinajstić information content (AvgIpc) is 3.16. The van der Waals surface area contributed by atoms with Crippen molar-refractivity contribution in [1.82, 2.24) is 9.80 Å². The standard InChI is InChI=1S/C16H30N2O3/c1-12(2)9-18(10-13(3)4)15(19)11-17(14-5-6-14)8-7-16(20)21/h12-14H,5-11H2,1-4H3,(H,20,21). The molecule has 0 aromatic carbocycles. The van der Waals surface area contributed by atoms with E-state index in [4.69, 9.17) is 5.11 Å². The lowest BCUT2D eigenvalue weighted by Gasteiger charge is -2.29. The van der Waals surface area contributed by atoms with Gasteiger partial charge in [-0.3, -0.25) is 14.5 Å². The van der Waals surface area contributed by atoms with Crippen molar-refractivity contribution in [2.45, 2.75) is 53.0 Å². The number of carboxylic acids is 1. The van der Waals surface area contributed by atoms with Crippen molar-refractivity contribution in [3.63, 3.8) is 0 Å². The van der Waals surface area contributed by atoms with Gasteiger partial charge in [-0.25, -0.2) is 0 Å². The Morgan fingerprint density at radius 3 is 2.00 bits per heavy atom. The Kier molecular flexibility index (Phi) is 7.15. The van der Waals surface area contributed by atoms with Gasteiger partial charge in [-0.1, -0.05) is 27.7 Å². The predicted molar refractivity (Wildman–Crippen MR) is 83.1 cm³/mol. The Labute approximate surface area is 128 Å². The fourth-order valence-electron chi connectivity index (χ4n) is 2.50. The van der Waals surface area contributed by atoms with E-state index in [-0.39, 0.29) is 12.3 Å². The minimum absolute atomic E-state index is 0.109. The summed E-state index contributed by atoms with van der Waals surface area (Å²) in [5.74, 6) is 0.228. The number of hydrogen-bond donors (Lipinski definition) is 1. The summed E-state index contributed by atoms with van der Waals surface area (Å²) < 4.78 is 0. The van der Waals surface area contributed by atoms with Gasteiger partial charge >= 0.3 is 5.97 Å². The molecule has 122 valence electrons. The molecule has 0 aromatic heterocycles. The first-order valence-corrected chi connectivity index (χ1v) is 8.03. The number of carboxylic acid groups (broad SMARTS) is 1. The topological polar surface area (TPSA) is 60.9 Å². The zero-order chi connectivity index (χ0) is 16.0. The van der Waals surface area contributed by atoms with Gasteiger partial charge in [0.2, 0.25) is 5.91 Å². The molecule has 1 fully saturated rings. The molecule has 1 rings (SSSR count). The molecule has 5 nitrogen and oxygen atoms in total. The third-order valence-electron chi connectivity index (χ3n) is 3.54. The van der Waals surface area contributed by atoms with Crippen LogP contribution in [0.15, 0.2) is 0 Å². The van der Waals surface area contributed by atoms with Gasteiger partial charge in [0.15, 0.2) is 0 Å². The number of rotatable bonds is 10. The molecule has 1 aliphatic rings. The van der Waals surface area contributed by atoms with Gasteiger partial charge in [-0.05, 0) is 24.7 Å². The van der Waals surface area contributed by atoms with Crippen molar-refractivity contribution in [3.05, 3.63) is 0 Å². The summed E-state index contributed by atoms with van der Waals surface area (Å²) in [6.07, 6.45) is 2.28. The third-order valence-corrected chi connectivity index (χ3v) is 3.54. The highest BCUT2D eigenvalue weighted by Gasteiger charge is 2.31. The minimum Gasteiger partial charge on any atom is -0.481 e. The summed E-state index contributed by atoms with van der Waals surface area (Å²) >= 11 is 0. The van der Waals surface area contributed by atoms with E-state index in [1.165, 1.54) is 0 Å². The van der Waals surface area contributed by atoms with E-state index in [0.29, 0.717) is 31.0 Å². The molecule has 0 unspecified atom stereocenters. The molecule has 0 bridgehead atoms. The smallest absolute Gasteiger partial charge is 0.304 e. The zero-order valence-corrected chi connectivity index (χ0v) is 13.8. The fraction of sp³-hybridized carbons (Fsp3) is 0.875. The quantitative estimate of drug-likeness (QED) is 0.670. The number of hydrogen-bond acceptors (Lipinski definition) is 3. The van der Waals surface area contributed by atoms with Gasteiger partial charge in [0.05, 0.1) is 13.0 Å². The van der Waals surface area contributed by atoms with E-state index in [1.54, 1.807) is 0 Å². The van der Waals surface area contributed by atoms with E-state index >= 15 is 0 Å². The van der Waals surface area contributed by atoms with E-state index in [2.05, 4.69) is 27.7 Å². The van der Waals surface area contributed by atoms with Crippen molar-refractivity contribution in [2.24, 2.45) is 11.8 Å². The highest BCUT2D eigenvalue weighted by Crippen LogP contribution is 2.26. The van der Waals surface area contributed by atoms with Gasteiger partial charge in [0.25, 0.3) is 0 Å². The molecule has 0 saturated heterocycles. The highest BCUT2D eigenvalue weighted by molar-refractivity contribution is 5.78. The Bertz CT molecular complexity index is 341.